The van der Waals surface area contributed by atoms with Crippen molar-refractivity contribution in [2.24, 2.45) is 5.73 Å². The molecule has 0 radical (unpaired) electrons. The van der Waals surface area contributed by atoms with Crippen LogP contribution >= 0.6 is 0 Å². The van der Waals surface area contributed by atoms with E-state index in [0.29, 0.717) is 0 Å². The smallest absolute Gasteiger partial charge is 0.0777 e. The summed E-state index contributed by atoms with van der Waals surface area (Å²) in [4.78, 5) is 2.50. The third-order valence-electron chi connectivity index (χ3n) is 4.12. The molecule has 0 amide bonds. The van der Waals surface area contributed by atoms with E-state index in [1.807, 2.05) is 7.11 Å². The Balaban J connectivity index is 2.70. The third-order valence-corrected chi connectivity index (χ3v) is 4.12. The maximum atomic E-state index is 5.90. The molecular weight excluding hydrogens is 188 g/mol. The fraction of sp³-hybridized carbons (Fsp3) is 1.00. The van der Waals surface area contributed by atoms with Gasteiger partial charge in [-0.1, -0.05) is 6.92 Å². The average Bonchev–Trinajstić information content (AvgIpc) is 2.28. The van der Waals surface area contributed by atoms with Crippen LogP contribution in [0.4, 0.5) is 0 Å². The zero-order valence-electron chi connectivity index (χ0n) is 10.7. The van der Waals surface area contributed by atoms with Crippen LogP contribution in [0.2, 0.25) is 0 Å². The molecule has 0 spiro atoms. The predicted octanol–water partition coefficient (Wildman–Crippen LogP) is 1.61. The topological polar surface area (TPSA) is 38.5 Å². The number of nitrogens with two attached hydrogens (primary N) is 1. The van der Waals surface area contributed by atoms with E-state index in [1.54, 1.807) is 0 Å². The summed E-state index contributed by atoms with van der Waals surface area (Å²) >= 11 is 0. The molecule has 2 unspecified atom stereocenters. The lowest BCUT2D eigenvalue weighted by atomic mass is 9.88. The molecule has 0 saturated carbocycles. The Bertz CT molecular complexity index is 204. The van der Waals surface area contributed by atoms with Gasteiger partial charge in [-0.15, -0.1) is 0 Å². The van der Waals surface area contributed by atoms with E-state index in [2.05, 4.69) is 25.7 Å². The number of hydrogen-bond donors (Lipinski definition) is 1. The molecule has 1 rings (SSSR count). The lowest BCUT2D eigenvalue weighted by Crippen LogP contribution is -2.59. The highest BCUT2D eigenvalue weighted by Gasteiger charge is 2.38. The van der Waals surface area contributed by atoms with Gasteiger partial charge in [-0.25, -0.2) is 0 Å². The highest BCUT2D eigenvalue weighted by atomic mass is 16.5. The Morgan fingerprint density at radius 2 is 2.20 bits per heavy atom. The van der Waals surface area contributed by atoms with E-state index in [4.69, 9.17) is 10.5 Å². The van der Waals surface area contributed by atoms with E-state index in [9.17, 15) is 0 Å². The van der Waals surface area contributed by atoms with Crippen LogP contribution in [0.25, 0.3) is 0 Å². The molecule has 1 aliphatic heterocycles. The lowest BCUT2D eigenvalue weighted by Gasteiger charge is -2.48. The first-order valence-corrected chi connectivity index (χ1v) is 6.00. The number of hydrogen-bond acceptors (Lipinski definition) is 3. The normalized spacial score (nSPS) is 32.6. The van der Waals surface area contributed by atoms with Crippen molar-refractivity contribution in [3.05, 3.63) is 0 Å². The Morgan fingerprint density at radius 3 is 2.67 bits per heavy atom. The minimum atomic E-state index is 0.0177. The largest absolute Gasteiger partial charge is 0.377 e. The van der Waals surface area contributed by atoms with E-state index >= 15 is 0 Å². The number of methoxy groups -OCH3 is 1. The van der Waals surface area contributed by atoms with Gasteiger partial charge in [-0.3, -0.25) is 4.90 Å². The van der Waals surface area contributed by atoms with Crippen molar-refractivity contribution in [3.8, 4) is 0 Å². The third kappa shape index (κ3) is 2.71. The molecule has 1 saturated heterocycles. The standard InChI is InChI=1S/C12H26N2O/c1-5-11(2,9-13)14-8-6-7-12(3,10-14)15-4/h5-10,13H2,1-4H3. The molecule has 0 aromatic carbocycles. The van der Waals surface area contributed by atoms with Gasteiger partial charge >= 0.3 is 0 Å². The van der Waals surface area contributed by atoms with Gasteiger partial charge in [0.05, 0.1) is 5.60 Å². The molecule has 0 aromatic rings. The van der Waals surface area contributed by atoms with Crippen LogP contribution in [0, 0.1) is 0 Å². The molecule has 0 aliphatic carbocycles. The van der Waals surface area contributed by atoms with Gasteiger partial charge in [-0.2, -0.15) is 0 Å². The highest BCUT2D eigenvalue weighted by molar-refractivity contribution is 4.94. The molecule has 1 aliphatic rings. The summed E-state index contributed by atoms with van der Waals surface area (Å²) in [6.07, 6.45) is 3.47. The lowest BCUT2D eigenvalue weighted by molar-refractivity contribution is -0.0774. The Morgan fingerprint density at radius 1 is 1.53 bits per heavy atom. The first-order valence-electron chi connectivity index (χ1n) is 6.00. The number of piperidine rings is 1. The van der Waals surface area contributed by atoms with Crippen LogP contribution < -0.4 is 5.73 Å². The Labute approximate surface area is 94.0 Å². The second-order valence-corrected chi connectivity index (χ2v) is 5.23. The second-order valence-electron chi connectivity index (χ2n) is 5.23. The zero-order chi connectivity index (χ0) is 11.5. The summed E-state index contributed by atoms with van der Waals surface area (Å²) in [6, 6.07) is 0. The van der Waals surface area contributed by atoms with Gasteiger partial charge in [0, 0.05) is 25.7 Å². The molecular formula is C12H26N2O. The molecule has 0 bridgehead atoms. The van der Waals surface area contributed by atoms with Gasteiger partial charge in [-0.05, 0) is 39.7 Å². The van der Waals surface area contributed by atoms with Crippen LogP contribution in [-0.4, -0.2) is 42.8 Å². The van der Waals surface area contributed by atoms with E-state index in [0.717, 1.165) is 32.5 Å². The van der Waals surface area contributed by atoms with Crippen molar-refractivity contribution >= 4 is 0 Å². The summed E-state index contributed by atoms with van der Waals surface area (Å²) in [7, 11) is 1.81. The maximum Gasteiger partial charge on any atom is 0.0777 e. The van der Waals surface area contributed by atoms with Crippen molar-refractivity contribution < 1.29 is 4.74 Å². The quantitative estimate of drug-likeness (QED) is 0.773. The highest BCUT2D eigenvalue weighted by Crippen LogP contribution is 2.29. The van der Waals surface area contributed by atoms with Crippen LogP contribution in [0.3, 0.4) is 0 Å². The first-order chi connectivity index (χ1) is 6.99. The molecule has 3 nitrogen and oxygen atoms in total. The molecule has 15 heavy (non-hydrogen) atoms. The van der Waals surface area contributed by atoms with Crippen molar-refractivity contribution in [2.75, 3.05) is 26.7 Å². The van der Waals surface area contributed by atoms with E-state index < -0.39 is 0 Å². The fourth-order valence-corrected chi connectivity index (χ4v) is 2.33. The van der Waals surface area contributed by atoms with Gasteiger partial charge in [0.1, 0.15) is 0 Å². The zero-order valence-corrected chi connectivity index (χ0v) is 10.7. The monoisotopic (exact) mass is 214 g/mol. The SMILES string of the molecule is CCC(C)(CN)N1CCCC(C)(OC)C1. The van der Waals surface area contributed by atoms with Gasteiger partial charge < -0.3 is 10.5 Å². The van der Waals surface area contributed by atoms with E-state index in [1.165, 1.54) is 6.42 Å². The minimum Gasteiger partial charge on any atom is -0.377 e. The number of ether oxygens (including phenoxy) is 1. The Hall–Kier alpha value is -0.120. The number of likely N-dealkylation sites (tertiary alicyclic amines) is 1. The molecule has 0 aromatic heterocycles. The summed E-state index contributed by atoms with van der Waals surface area (Å²) in [5, 5.41) is 0. The van der Waals surface area contributed by atoms with Gasteiger partial charge in [0.15, 0.2) is 0 Å². The molecule has 1 heterocycles. The van der Waals surface area contributed by atoms with Crippen molar-refractivity contribution in [3.63, 3.8) is 0 Å². The molecule has 2 N–H and O–H groups in total. The number of nitrogens with zero attached hydrogens (tertiary/aromatic N) is 1. The summed E-state index contributed by atoms with van der Waals surface area (Å²) in [6.45, 7) is 9.56. The van der Waals surface area contributed by atoms with Gasteiger partial charge in [0.2, 0.25) is 0 Å². The van der Waals surface area contributed by atoms with Crippen LogP contribution in [0.1, 0.15) is 40.0 Å². The van der Waals surface area contributed by atoms with E-state index in [-0.39, 0.29) is 11.1 Å². The first kappa shape index (κ1) is 12.9. The molecule has 1 fully saturated rings. The summed E-state index contributed by atoms with van der Waals surface area (Å²) < 4.78 is 5.61. The van der Waals surface area contributed by atoms with Crippen molar-refractivity contribution in [1.29, 1.82) is 0 Å². The van der Waals surface area contributed by atoms with Crippen LogP contribution in [0.15, 0.2) is 0 Å². The maximum absolute atomic E-state index is 5.90. The van der Waals surface area contributed by atoms with Crippen molar-refractivity contribution in [2.45, 2.75) is 51.2 Å². The predicted molar refractivity (Wildman–Crippen MR) is 64.0 cm³/mol. The molecule has 90 valence electrons. The fourth-order valence-electron chi connectivity index (χ4n) is 2.33. The Kier molecular flexibility index (Phi) is 4.15. The molecule has 3 heteroatoms. The van der Waals surface area contributed by atoms with Gasteiger partial charge in [0.25, 0.3) is 0 Å². The summed E-state index contributed by atoms with van der Waals surface area (Å²) in [5.41, 5.74) is 6.05. The molecule has 2 atom stereocenters. The summed E-state index contributed by atoms with van der Waals surface area (Å²) in [5.74, 6) is 0. The number of rotatable bonds is 4. The van der Waals surface area contributed by atoms with Crippen LogP contribution in [0.5, 0.6) is 0 Å². The van der Waals surface area contributed by atoms with Crippen molar-refractivity contribution in [1.82, 2.24) is 4.90 Å². The second kappa shape index (κ2) is 4.81. The van der Waals surface area contributed by atoms with Crippen LogP contribution in [-0.2, 0) is 4.74 Å². The minimum absolute atomic E-state index is 0.0177. The average molecular weight is 214 g/mol.